The van der Waals surface area contributed by atoms with Crippen molar-refractivity contribution in [2.45, 2.75) is 46.1 Å². The van der Waals surface area contributed by atoms with E-state index in [1.54, 1.807) is 17.0 Å². The Bertz CT molecular complexity index is 1440. The third-order valence-electron chi connectivity index (χ3n) is 7.17. The second-order valence-electron chi connectivity index (χ2n) is 10.6. The summed E-state index contributed by atoms with van der Waals surface area (Å²) in [5, 5.41) is 3.84. The molecule has 0 unspecified atom stereocenters. The maximum Gasteiger partial charge on any atom is 0.253 e. The molecule has 188 valence electrons. The first-order valence-corrected chi connectivity index (χ1v) is 12.0. The van der Waals surface area contributed by atoms with Crippen molar-refractivity contribution in [2.24, 2.45) is 11.1 Å². The number of benzene rings is 2. The lowest BCUT2D eigenvalue weighted by atomic mass is 9.80. The molecular formula is C27H28F2N4O3. The quantitative estimate of drug-likeness (QED) is 0.564. The monoisotopic (exact) mass is 494 g/mol. The molecule has 0 aliphatic carbocycles. The van der Waals surface area contributed by atoms with E-state index in [0.717, 1.165) is 0 Å². The van der Waals surface area contributed by atoms with E-state index in [1.165, 1.54) is 29.7 Å². The van der Waals surface area contributed by atoms with E-state index in [1.807, 2.05) is 13.8 Å². The molecule has 5 rings (SSSR count). The molecule has 2 aliphatic rings. The number of fused-ring (bicyclic) bond motifs is 3. The predicted octanol–water partition coefficient (Wildman–Crippen LogP) is 4.33. The van der Waals surface area contributed by atoms with Gasteiger partial charge in [0.05, 0.1) is 16.8 Å². The Labute approximate surface area is 207 Å². The van der Waals surface area contributed by atoms with Crippen LogP contribution in [0.3, 0.4) is 0 Å². The maximum atomic E-state index is 15.4. The number of rotatable bonds is 4. The summed E-state index contributed by atoms with van der Waals surface area (Å²) < 4.78 is 31.2. The summed E-state index contributed by atoms with van der Waals surface area (Å²) in [4.78, 5) is 38.7. The first-order valence-electron chi connectivity index (χ1n) is 12.0. The van der Waals surface area contributed by atoms with E-state index in [4.69, 9.17) is 5.73 Å². The van der Waals surface area contributed by atoms with Crippen molar-refractivity contribution in [3.05, 3.63) is 53.2 Å². The molecule has 2 aliphatic heterocycles. The van der Waals surface area contributed by atoms with Crippen molar-refractivity contribution in [2.75, 3.05) is 18.4 Å². The summed E-state index contributed by atoms with van der Waals surface area (Å²) in [7, 11) is 0. The van der Waals surface area contributed by atoms with Crippen molar-refractivity contribution in [1.29, 1.82) is 0 Å². The highest BCUT2D eigenvalue weighted by atomic mass is 19.1. The lowest BCUT2D eigenvalue weighted by Gasteiger charge is -2.30. The van der Waals surface area contributed by atoms with Gasteiger partial charge in [0.15, 0.2) is 0 Å². The van der Waals surface area contributed by atoms with E-state index in [-0.39, 0.29) is 34.5 Å². The molecule has 1 fully saturated rings. The summed E-state index contributed by atoms with van der Waals surface area (Å²) in [6, 6.07) is 6.95. The van der Waals surface area contributed by atoms with Crippen LogP contribution in [0.15, 0.2) is 30.3 Å². The third-order valence-corrected chi connectivity index (χ3v) is 7.17. The minimum Gasteiger partial charge on any atom is -0.380 e. The number of hydrogen-bond acceptors (Lipinski definition) is 4. The zero-order valence-corrected chi connectivity index (χ0v) is 20.5. The Kier molecular flexibility index (Phi) is 5.61. The summed E-state index contributed by atoms with van der Waals surface area (Å²) in [6.07, 6.45) is 1.47. The van der Waals surface area contributed by atoms with Crippen LogP contribution in [-0.4, -0.2) is 46.3 Å². The zero-order chi connectivity index (χ0) is 25.9. The molecule has 3 heterocycles. The Morgan fingerprint density at radius 2 is 1.89 bits per heavy atom. The summed E-state index contributed by atoms with van der Waals surface area (Å²) in [5.41, 5.74) is 7.36. The largest absolute Gasteiger partial charge is 0.380 e. The van der Waals surface area contributed by atoms with Gasteiger partial charge < -0.3 is 16.0 Å². The van der Waals surface area contributed by atoms with Crippen LogP contribution in [0, 0.1) is 17.0 Å². The number of hydrogen-bond donors (Lipinski definition) is 2. The topological polar surface area (TPSA) is 97.4 Å². The molecule has 9 heteroatoms. The lowest BCUT2D eigenvalue weighted by Crippen LogP contribution is -2.31. The molecule has 1 saturated heterocycles. The number of nitrogens with zero attached hydrogens (tertiary/aromatic N) is 2. The van der Waals surface area contributed by atoms with Gasteiger partial charge in [-0.2, -0.15) is 0 Å². The number of amides is 2. The fourth-order valence-corrected chi connectivity index (χ4v) is 5.59. The van der Waals surface area contributed by atoms with Crippen LogP contribution < -0.4 is 11.1 Å². The number of primary amides is 1. The maximum absolute atomic E-state index is 15.4. The highest BCUT2D eigenvalue weighted by Crippen LogP contribution is 2.44. The van der Waals surface area contributed by atoms with E-state index < -0.39 is 17.5 Å². The molecular weight excluding hydrogens is 466 g/mol. The fraction of sp³-hybridized carbons (Fsp3) is 0.370. The normalized spacial score (nSPS) is 19.0. The average molecular weight is 495 g/mol. The number of halogens is 2. The number of carbonyl (C=O) groups is 3. The molecule has 0 saturated carbocycles. The first-order chi connectivity index (χ1) is 16.9. The summed E-state index contributed by atoms with van der Waals surface area (Å²) >= 11 is 0. The third kappa shape index (κ3) is 4.02. The fourth-order valence-electron chi connectivity index (χ4n) is 5.59. The number of carbonyl (C=O) groups excluding carboxylic acids is 3. The van der Waals surface area contributed by atoms with Crippen molar-refractivity contribution >= 4 is 34.3 Å². The van der Waals surface area contributed by atoms with Gasteiger partial charge in [0, 0.05) is 49.1 Å². The van der Waals surface area contributed by atoms with E-state index in [9.17, 15) is 18.8 Å². The molecule has 2 aromatic carbocycles. The molecule has 0 bridgehead atoms. The standard InChI is InChI=1S/C27H28F2N4O3/c1-14(34)32-7-6-17(13-32)31-20-9-15(8-19(29)25(20)26(30)36)24-18-5-4-16(28)10-21(18)33-22(24)11-27(2,3)12-23(33)35/h4-5,8-10,17,31H,6-7,11-13H2,1-3H3,(H2,30,36)/t17-/m1/s1. The van der Waals surface area contributed by atoms with Crippen LogP contribution in [-0.2, 0) is 11.2 Å². The van der Waals surface area contributed by atoms with E-state index in [2.05, 4.69) is 5.32 Å². The molecule has 1 aromatic heterocycles. The van der Waals surface area contributed by atoms with Crippen LogP contribution in [0.2, 0.25) is 0 Å². The molecule has 7 nitrogen and oxygen atoms in total. The van der Waals surface area contributed by atoms with Crippen molar-refractivity contribution in [3.63, 3.8) is 0 Å². The lowest BCUT2D eigenvalue weighted by molar-refractivity contribution is -0.127. The molecule has 0 spiro atoms. The highest BCUT2D eigenvalue weighted by molar-refractivity contribution is 6.06. The Hall–Kier alpha value is -3.75. The number of anilines is 1. The van der Waals surface area contributed by atoms with Crippen LogP contribution in [0.25, 0.3) is 22.0 Å². The van der Waals surface area contributed by atoms with Gasteiger partial charge in [0.25, 0.3) is 5.91 Å². The second kappa shape index (κ2) is 8.43. The molecule has 2 amide bonds. The molecule has 3 aromatic rings. The van der Waals surface area contributed by atoms with Crippen LogP contribution in [0.1, 0.15) is 54.5 Å². The number of likely N-dealkylation sites (tertiary alicyclic amines) is 1. The van der Waals surface area contributed by atoms with Gasteiger partial charge in [-0.05, 0) is 54.2 Å². The zero-order valence-electron chi connectivity index (χ0n) is 20.5. The second-order valence-corrected chi connectivity index (χ2v) is 10.6. The molecule has 0 radical (unpaired) electrons. The van der Waals surface area contributed by atoms with Crippen LogP contribution in [0.5, 0.6) is 0 Å². The van der Waals surface area contributed by atoms with Gasteiger partial charge in [0.1, 0.15) is 11.6 Å². The summed E-state index contributed by atoms with van der Waals surface area (Å²) in [6.45, 7) is 6.44. The number of nitrogens with two attached hydrogens (primary N) is 1. The van der Waals surface area contributed by atoms with Gasteiger partial charge in [-0.25, -0.2) is 8.78 Å². The van der Waals surface area contributed by atoms with E-state index in [0.29, 0.717) is 60.1 Å². The van der Waals surface area contributed by atoms with Gasteiger partial charge >= 0.3 is 0 Å². The minimum absolute atomic E-state index is 0.0548. The average Bonchev–Trinajstić information content (AvgIpc) is 3.34. The first kappa shape index (κ1) is 24.0. The smallest absolute Gasteiger partial charge is 0.253 e. The number of nitrogens with one attached hydrogen (secondary N) is 1. The van der Waals surface area contributed by atoms with Crippen LogP contribution >= 0.6 is 0 Å². The van der Waals surface area contributed by atoms with Crippen molar-refractivity contribution < 1.29 is 23.2 Å². The van der Waals surface area contributed by atoms with Gasteiger partial charge in [-0.1, -0.05) is 13.8 Å². The van der Waals surface area contributed by atoms with Crippen LogP contribution in [0.4, 0.5) is 14.5 Å². The minimum atomic E-state index is -0.912. The Morgan fingerprint density at radius 3 is 2.56 bits per heavy atom. The predicted molar refractivity (Wildman–Crippen MR) is 133 cm³/mol. The molecule has 3 N–H and O–H groups in total. The molecule has 1 atom stereocenters. The van der Waals surface area contributed by atoms with Gasteiger partial charge in [0.2, 0.25) is 11.8 Å². The van der Waals surface area contributed by atoms with Gasteiger partial charge in [-0.3, -0.25) is 19.0 Å². The Balaban J connectivity index is 1.69. The highest BCUT2D eigenvalue weighted by Gasteiger charge is 2.36. The van der Waals surface area contributed by atoms with Gasteiger partial charge in [-0.15, -0.1) is 0 Å². The number of aromatic nitrogens is 1. The van der Waals surface area contributed by atoms with Crippen molar-refractivity contribution in [3.8, 4) is 11.1 Å². The summed E-state index contributed by atoms with van der Waals surface area (Å²) in [5.74, 6) is -2.38. The SMILES string of the molecule is CC(=O)N1CC[C@@H](Nc2cc(-c3c4n(c5cc(F)ccc35)C(=O)CC(C)(C)C4)cc(F)c2C(N)=O)C1. The molecule has 36 heavy (non-hydrogen) atoms. The van der Waals surface area contributed by atoms with E-state index >= 15 is 4.39 Å². The van der Waals surface area contributed by atoms with Crippen molar-refractivity contribution in [1.82, 2.24) is 9.47 Å². The Morgan fingerprint density at radius 1 is 1.14 bits per heavy atom.